The van der Waals surface area contributed by atoms with E-state index in [1.54, 1.807) is 16.7 Å². The molecule has 0 aliphatic carbocycles. The van der Waals surface area contributed by atoms with Crippen LogP contribution in [-0.2, 0) is 9.53 Å². The quantitative estimate of drug-likeness (QED) is 0.793. The number of hydrogen-bond acceptors (Lipinski definition) is 5. The molecule has 27 heavy (non-hydrogen) atoms. The number of aromatic nitrogens is 1. The van der Waals surface area contributed by atoms with Crippen LogP contribution in [0.2, 0.25) is 0 Å². The fraction of sp³-hybridized carbons (Fsp3) is 0.450. The normalized spacial score (nSPS) is 20.3. The molecule has 4 rings (SSSR count). The van der Waals surface area contributed by atoms with E-state index in [2.05, 4.69) is 4.98 Å². The monoisotopic (exact) mass is 385 g/mol. The van der Waals surface area contributed by atoms with Gasteiger partial charge in [0.25, 0.3) is 5.91 Å². The van der Waals surface area contributed by atoms with Crippen molar-refractivity contribution in [3.8, 4) is 0 Å². The minimum Gasteiger partial charge on any atom is -0.378 e. The summed E-state index contributed by atoms with van der Waals surface area (Å²) < 4.78 is 5.33. The maximum absolute atomic E-state index is 13.3. The highest BCUT2D eigenvalue weighted by Crippen LogP contribution is 2.27. The number of benzene rings is 1. The third-order valence-electron chi connectivity index (χ3n) is 5.15. The summed E-state index contributed by atoms with van der Waals surface area (Å²) in [6, 6.07) is 7.52. The lowest BCUT2D eigenvalue weighted by molar-refractivity contribution is -0.138. The average Bonchev–Trinajstić information content (AvgIpc) is 3.16. The van der Waals surface area contributed by atoms with Crippen molar-refractivity contribution in [2.24, 2.45) is 0 Å². The van der Waals surface area contributed by atoms with E-state index in [1.807, 2.05) is 43.0 Å². The van der Waals surface area contributed by atoms with Gasteiger partial charge in [0.1, 0.15) is 6.04 Å². The highest BCUT2D eigenvalue weighted by molar-refractivity contribution is 7.99. The fourth-order valence-corrected chi connectivity index (χ4v) is 4.73. The Hall–Kier alpha value is -2.12. The standard InChI is InChI=1S/C20H23N3O3S/c1-13-3-4-15-10-16(14(2)21-17(15)9-13)19(24)23-12-27-11-18(23)20(25)22-5-7-26-8-6-22/h3-4,9-10,18H,5-8,11-12H2,1-2H3/t18-/m0/s1. The van der Waals surface area contributed by atoms with Gasteiger partial charge < -0.3 is 14.5 Å². The SMILES string of the molecule is Cc1ccc2cc(C(=O)N3CSC[C@H]3C(=O)N3CCOCC3)c(C)nc2c1. The van der Waals surface area contributed by atoms with Crippen molar-refractivity contribution < 1.29 is 14.3 Å². The van der Waals surface area contributed by atoms with E-state index >= 15 is 0 Å². The van der Waals surface area contributed by atoms with Crippen LogP contribution in [0.4, 0.5) is 0 Å². The van der Waals surface area contributed by atoms with Gasteiger partial charge in [-0.25, -0.2) is 0 Å². The van der Waals surface area contributed by atoms with Crippen LogP contribution in [0.3, 0.4) is 0 Å². The van der Waals surface area contributed by atoms with Gasteiger partial charge in [0.2, 0.25) is 5.91 Å². The molecule has 142 valence electrons. The van der Waals surface area contributed by atoms with Crippen LogP contribution in [0.5, 0.6) is 0 Å². The van der Waals surface area contributed by atoms with Crippen LogP contribution in [0.25, 0.3) is 10.9 Å². The number of hydrogen-bond donors (Lipinski definition) is 0. The molecule has 1 aromatic heterocycles. The third kappa shape index (κ3) is 3.53. The summed E-state index contributed by atoms with van der Waals surface area (Å²) in [6.07, 6.45) is 0. The van der Waals surface area contributed by atoms with E-state index in [0.717, 1.165) is 16.5 Å². The number of amides is 2. The molecule has 0 N–H and O–H groups in total. The Bertz CT molecular complexity index is 895. The number of ether oxygens (including phenoxy) is 1. The number of pyridine rings is 1. The second-order valence-corrected chi connectivity index (χ2v) is 8.05. The molecule has 6 nitrogen and oxygen atoms in total. The first-order chi connectivity index (χ1) is 13.0. The molecule has 0 spiro atoms. The Morgan fingerprint density at radius 2 is 1.96 bits per heavy atom. The van der Waals surface area contributed by atoms with Crippen molar-refractivity contribution in [2.75, 3.05) is 37.9 Å². The van der Waals surface area contributed by atoms with Gasteiger partial charge in [-0.15, -0.1) is 11.8 Å². The van der Waals surface area contributed by atoms with Crippen molar-refractivity contribution >= 4 is 34.5 Å². The molecule has 1 atom stereocenters. The van der Waals surface area contributed by atoms with Crippen LogP contribution in [-0.4, -0.2) is 70.6 Å². The fourth-order valence-electron chi connectivity index (χ4n) is 3.59. The van der Waals surface area contributed by atoms with Crippen LogP contribution in [0, 0.1) is 13.8 Å². The number of carbonyl (C=O) groups is 2. The summed E-state index contributed by atoms with van der Waals surface area (Å²) in [4.78, 5) is 34.3. The predicted molar refractivity (Wildman–Crippen MR) is 106 cm³/mol. The maximum atomic E-state index is 13.3. The summed E-state index contributed by atoms with van der Waals surface area (Å²) in [6.45, 7) is 6.20. The van der Waals surface area contributed by atoms with E-state index in [9.17, 15) is 9.59 Å². The molecule has 0 saturated carbocycles. The van der Waals surface area contributed by atoms with Crippen molar-refractivity contribution in [1.29, 1.82) is 0 Å². The molecule has 0 radical (unpaired) electrons. The van der Waals surface area contributed by atoms with Crippen molar-refractivity contribution in [1.82, 2.24) is 14.8 Å². The molecule has 2 aromatic rings. The number of rotatable bonds is 2. The molecule has 7 heteroatoms. The smallest absolute Gasteiger partial charge is 0.257 e. The number of morpholine rings is 1. The largest absolute Gasteiger partial charge is 0.378 e. The van der Waals surface area contributed by atoms with Crippen molar-refractivity contribution in [3.63, 3.8) is 0 Å². The number of fused-ring (bicyclic) bond motifs is 1. The molecular formula is C20H23N3O3S. The first kappa shape index (κ1) is 18.3. The molecule has 3 heterocycles. The molecule has 2 aliphatic heterocycles. The zero-order chi connectivity index (χ0) is 19.0. The van der Waals surface area contributed by atoms with Crippen LogP contribution in [0.1, 0.15) is 21.6 Å². The second kappa shape index (κ2) is 7.48. The summed E-state index contributed by atoms with van der Waals surface area (Å²) in [7, 11) is 0. The van der Waals surface area contributed by atoms with Gasteiger partial charge in [-0.05, 0) is 31.5 Å². The summed E-state index contributed by atoms with van der Waals surface area (Å²) >= 11 is 1.62. The second-order valence-electron chi connectivity index (χ2n) is 7.05. The van der Waals surface area contributed by atoms with Gasteiger partial charge >= 0.3 is 0 Å². The maximum Gasteiger partial charge on any atom is 0.257 e. The minimum atomic E-state index is -0.409. The third-order valence-corrected chi connectivity index (χ3v) is 6.16. The van der Waals surface area contributed by atoms with Gasteiger partial charge in [0.15, 0.2) is 0 Å². The zero-order valence-corrected chi connectivity index (χ0v) is 16.4. The number of nitrogens with zero attached hydrogens (tertiary/aromatic N) is 3. The lowest BCUT2D eigenvalue weighted by Gasteiger charge is -2.32. The van der Waals surface area contributed by atoms with Crippen LogP contribution >= 0.6 is 11.8 Å². The zero-order valence-electron chi connectivity index (χ0n) is 15.6. The van der Waals surface area contributed by atoms with Gasteiger partial charge in [-0.1, -0.05) is 12.1 Å². The van der Waals surface area contributed by atoms with E-state index in [4.69, 9.17) is 4.74 Å². The van der Waals surface area contributed by atoms with Crippen molar-refractivity contribution in [3.05, 3.63) is 41.1 Å². The number of thioether (sulfide) groups is 1. The van der Waals surface area contributed by atoms with Gasteiger partial charge in [-0.3, -0.25) is 14.6 Å². The van der Waals surface area contributed by atoms with Gasteiger partial charge in [-0.2, -0.15) is 0 Å². The Balaban J connectivity index is 1.61. The molecular weight excluding hydrogens is 362 g/mol. The summed E-state index contributed by atoms with van der Waals surface area (Å²) in [5, 5.41) is 0.942. The van der Waals surface area contributed by atoms with E-state index in [-0.39, 0.29) is 11.8 Å². The molecule has 2 saturated heterocycles. The Morgan fingerprint density at radius 1 is 1.19 bits per heavy atom. The van der Waals surface area contributed by atoms with E-state index in [0.29, 0.717) is 49.2 Å². The first-order valence-electron chi connectivity index (χ1n) is 9.18. The Morgan fingerprint density at radius 3 is 2.74 bits per heavy atom. The lowest BCUT2D eigenvalue weighted by Crippen LogP contribution is -2.52. The Labute approximate surface area is 162 Å². The molecule has 2 fully saturated rings. The highest BCUT2D eigenvalue weighted by Gasteiger charge is 2.38. The molecule has 0 bridgehead atoms. The topological polar surface area (TPSA) is 62.7 Å². The Kier molecular flexibility index (Phi) is 5.06. The highest BCUT2D eigenvalue weighted by atomic mass is 32.2. The molecule has 2 aliphatic rings. The van der Waals surface area contributed by atoms with Gasteiger partial charge in [0, 0.05) is 24.2 Å². The summed E-state index contributed by atoms with van der Waals surface area (Å²) in [5.41, 5.74) is 3.31. The summed E-state index contributed by atoms with van der Waals surface area (Å²) in [5.74, 6) is 1.09. The molecule has 0 unspecified atom stereocenters. The number of carbonyl (C=O) groups excluding carboxylic acids is 2. The average molecular weight is 385 g/mol. The molecule has 2 amide bonds. The van der Waals surface area contributed by atoms with Crippen LogP contribution in [0.15, 0.2) is 24.3 Å². The van der Waals surface area contributed by atoms with E-state index in [1.165, 1.54) is 0 Å². The first-order valence-corrected chi connectivity index (χ1v) is 10.3. The lowest BCUT2D eigenvalue weighted by atomic mass is 10.1. The van der Waals surface area contributed by atoms with E-state index < -0.39 is 6.04 Å². The minimum absolute atomic E-state index is 0.0266. The van der Waals surface area contributed by atoms with Crippen LogP contribution < -0.4 is 0 Å². The molecule has 1 aromatic carbocycles. The predicted octanol–water partition coefficient (Wildman–Crippen LogP) is 2.23. The van der Waals surface area contributed by atoms with Gasteiger partial charge in [0.05, 0.1) is 35.9 Å². The van der Waals surface area contributed by atoms with Crippen molar-refractivity contribution in [2.45, 2.75) is 19.9 Å². The number of aryl methyl sites for hydroxylation is 2.